The van der Waals surface area contributed by atoms with E-state index in [1.165, 1.54) is 12.4 Å². The minimum Gasteiger partial charge on any atom is -0.472 e. The molecule has 4 rings (SSSR count). The number of hydrogen-bond donors (Lipinski definition) is 2. The predicted octanol–water partition coefficient (Wildman–Crippen LogP) is 3.11. The molecule has 0 atom stereocenters. The molecule has 6 nitrogen and oxygen atoms in total. The normalized spacial score (nSPS) is 10.8. The van der Waals surface area contributed by atoms with Gasteiger partial charge in [-0.15, -0.1) is 0 Å². The molecule has 0 aliphatic heterocycles. The fraction of sp³-hybridized carbons (Fsp3) is 0.0500. The molecule has 0 aliphatic rings. The van der Waals surface area contributed by atoms with E-state index in [2.05, 4.69) is 21.4 Å². The van der Waals surface area contributed by atoms with Crippen LogP contribution in [0.4, 0.5) is 0 Å². The van der Waals surface area contributed by atoms with Crippen molar-refractivity contribution in [1.82, 2.24) is 15.3 Å². The number of hydrogen-bond acceptors (Lipinski definition) is 4. The Hall–Kier alpha value is -3.67. The third kappa shape index (κ3) is 3.25. The molecule has 0 saturated heterocycles. The van der Waals surface area contributed by atoms with Crippen molar-refractivity contribution < 1.29 is 9.21 Å². The van der Waals surface area contributed by atoms with Gasteiger partial charge in [0.15, 0.2) is 0 Å². The number of nitrogens with one attached hydrogen (secondary N) is 2. The first-order valence-electron chi connectivity index (χ1n) is 8.07. The summed E-state index contributed by atoms with van der Waals surface area (Å²) >= 11 is 0. The summed E-state index contributed by atoms with van der Waals surface area (Å²) in [4.78, 5) is 30.1. The van der Waals surface area contributed by atoms with Gasteiger partial charge < -0.3 is 14.7 Å². The van der Waals surface area contributed by atoms with Gasteiger partial charge in [0.25, 0.3) is 11.5 Å². The van der Waals surface area contributed by atoms with Gasteiger partial charge in [0.05, 0.1) is 31.1 Å². The number of carbonyl (C=O) groups excluding carboxylic acids is 1. The molecule has 0 fully saturated rings. The third-order valence-corrected chi connectivity index (χ3v) is 4.12. The Morgan fingerprint density at radius 2 is 1.88 bits per heavy atom. The van der Waals surface area contributed by atoms with Crippen LogP contribution in [0.2, 0.25) is 0 Å². The summed E-state index contributed by atoms with van der Waals surface area (Å²) in [5, 5.41) is 4.78. The van der Waals surface area contributed by atoms with E-state index in [0.29, 0.717) is 11.3 Å². The third-order valence-electron chi connectivity index (χ3n) is 4.12. The molecule has 4 aromatic rings. The van der Waals surface area contributed by atoms with Gasteiger partial charge in [-0.3, -0.25) is 9.59 Å². The molecule has 0 spiro atoms. The monoisotopic (exact) mass is 345 g/mol. The Morgan fingerprint density at radius 1 is 1.04 bits per heavy atom. The summed E-state index contributed by atoms with van der Waals surface area (Å²) < 4.78 is 5.12. The Balaban J connectivity index is 1.54. The maximum atomic E-state index is 12.4. The van der Waals surface area contributed by atoms with Gasteiger partial charge in [0, 0.05) is 17.2 Å². The summed E-state index contributed by atoms with van der Waals surface area (Å²) in [5.74, 6) is -0.215. The molecule has 0 radical (unpaired) electrons. The average Bonchev–Trinajstić information content (AvgIpc) is 3.20. The lowest BCUT2D eigenvalue weighted by Gasteiger charge is -2.07. The zero-order valence-corrected chi connectivity index (χ0v) is 13.7. The number of carbonyl (C=O) groups is 1. The number of furan rings is 1. The highest BCUT2D eigenvalue weighted by atomic mass is 16.3. The number of H-pyrrole nitrogens is 1. The summed E-state index contributed by atoms with van der Waals surface area (Å²) in [6.45, 7) is 0.195. The number of aromatic amines is 1. The zero-order chi connectivity index (χ0) is 17.9. The number of fused-ring (bicyclic) bond motifs is 1. The number of rotatable bonds is 4. The SMILES string of the molecule is O=C(NCc1cc(=O)[nH]cn1)c1ccc2cc(-c3ccoc3)ccc2c1. The molecule has 26 heavy (non-hydrogen) atoms. The molecule has 2 aromatic heterocycles. The van der Waals surface area contributed by atoms with Crippen molar-refractivity contribution in [3.8, 4) is 11.1 Å². The van der Waals surface area contributed by atoms with Crippen LogP contribution in [-0.2, 0) is 6.54 Å². The van der Waals surface area contributed by atoms with Crippen molar-refractivity contribution in [1.29, 1.82) is 0 Å². The van der Waals surface area contributed by atoms with Crippen molar-refractivity contribution in [3.05, 3.63) is 89.0 Å². The molecule has 128 valence electrons. The van der Waals surface area contributed by atoms with Gasteiger partial charge in [-0.1, -0.05) is 18.2 Å². The highest BCUT2D eigenvalue weighted by molar-refractivity contribution is 5.99. The van der Waals surface area contributed by atoms with Crippen molar-refractivity contribution in [2.45, 2.75) is 6.54 Å². The Kier molecular flexibility index (Phi) is 4.07. The summed E-state index contributed by atoms with van der Waals surface area (Å²) in [6.07, 6.45) is 4.66. The second kappa shape index (κ2) is 6.68. The fourth-order valence-electron chi connectivity index (χ4n) is 2.77. The van der Waals surface area contributed by atoms with Gasteiger partial charge in [-0.05, 0) is 40.6 Å². The molecular weight excluding hydrogens is 330 g/mol. The molecule has 2 aromatic carbocycles. The van der Waals surface area contributed by atoms with E-state index >= 15 is 0 Å². The van der Waals surface area contributed by atoms with E-state index < -0.39 is 0 Å². The van der Waals surface area contributed by atoms with Crippen molar-refractivity contribution in [3.63, 3.8) is 0 Å². The van der Waals surface area contributed by atoms with E-state index in [1.54, 1.807) is 18.6 Å². The van der Waals surface area contributed by atoms with Crippen molar-refractivity contribution in [2.24, 2.45) is 0 Å². The average molecular weight is 345 g/mol. The Labute approximate surface area is 148 Å². The van der Waals surface area contributed by atoms with Crippen LogP contribution in [0.25, 0.3) is 21.9 Å². The van der Waals surface area contributed by atoms with Crippen molar-refractivity contribution in [2.75, 3.05) is 0 Å². The first kappa shape index (κ1) is 15.8. The first-order valence-corrected chi connectivity index (χ1v) is 8.07. The summed E-state index contributed by atoms with van der Waals surface area (Å²) in [5.41, 5.74) is 2.89. The molecule has 0 bridgehead atoms. The second-order valence-electron chi connectivity index (χ2n) is 5.87. The fourth-order valence-corrected chi connectivity index (χ4v) is 2.77. The van der Waals surface area contributed by atoms with Crippen LogP contribution in [0, 0.1) is 0 Å². The van der Waals surface area contributed by atoms with Gasteiger partial charge in [-0.2, -0.15) is 0 Å². The highest BCUT2D eigenvalue weighted by Gasteiger charge is 2.08. The summed E-state index contributed by atoms with van der Waals surface area (Å²) in [7, 11) is 0. The zero-order valence-electron chi connectivity index (χ0n) is 13.7. The number of amides is 1. The molecule has 2 N–H and O–H groups in total. The van der Waals surface area contributed by atoms with E-state index in [1.807, 2.05) is 30.3 Å². The maximum absolute atomic E-state index is 12.4. The number of nitrogens with zero attached hydrogens (tertiary/aromatic N) is 1. The van der Waals surface area contributed by atoms with Gasteiger partial charge in [0.1, 0.15) is 0 Å². The maximum Gasteiger partial charge on any atom is 0.251 e. The van der Waals surface area contributed by atoms with Crippen LogP contribution in [0.5, 0.6) is 0 Å². The van der Waals surface area contributed by atoms with E-state index in [-0.39, 0.29) is 18.0 Å². The van der Waals surface area contributed by atoms with Crippen LogP contribution in [-0.4, -0.2) is 15.9 Å². The minimum atomic E-state index is -0.247. The lowest BCUT2D eigenvalue weighted by atomic mass is 10.0. The smallest absolute Gasteiger partial charge is 0.251 e. The predicted molar refractivity (Wildman–Crippen MR) is 97.7 cm³/mol. The first-order chi connectivity index (χ1) is 12.7. The number of aromatic nitrogens is 2. The Morgan fingerprint density at radius 3 is 2.69 bits per heavy atom. The summed E-state index contributed by atoms with van der Waals surface area (Å²) in [6, 6.07) is 14.8. The van der Waals surface area contributed by atoms with E-state index in [0.717, 1.165) is 21.9 Å². The highest BCUT2D eigenvalue weighted by Crippen LogP contribution is 2.25. The van der Waals surface area contributed by atoms with Gasteiger partial charge >= 0.3 is 0 Å². The van der Waals surface area contributed by atoms with Gasteiger partial charge in [0.2, 0.25) is 0 Å². The lowest BCUT2D eigenvalue weighted by Crippen LogP contribution is -2.24. The van der Waals surface area contributed by atoms with Gasteiger partial charge in [-0.25, -0.2) is 4.98 Å². The quantitative estimate of drug-likeness (QED) is 0.595. The van der Waals surface area contributed by atoms with Crippen LogP contribution in [0.1, 0.15) is 16.1 Å². The van der Waals surface area contributed by atoms with Crippen LogP contribution >= 0.6 is 0 Å². The van der Waals surface area contributed by atoms with Crippen LogP contribution in [0.15, 0.2) is 76.6 Å². The van der Waals surface area contributed by atoms with E-state index in [4.69, 9.17) is 4.42 Å². The topological polar surface area (TPSA) is 88.0 Å². The van der Waals surface area contributed by atoms with E-state index in [9.17, 15) is 9.59 Å². The molecule has 0 aliphatic carbocycles. The standard InChI is InChI=1S/C20H15N3O3/c24-19-9-18(22-12-23-19)10-21-20(25)16-4-3-13-7-15(2-1-14(13)8-16)17-5-6-26-11-17/h1-9,11-12H,10H2,(H,21,25)(H,22,23,24). The lowest BCUT2D eigenvalue weighted by molar-refractivity contribution is 0.0950. The largest absolute Gasteiger partial charge is 0.472 e. The Bertz CT molecular complexity index is 1130. The molecular formula is C20H15N3O3. The number of benzene rings is 2. The molecule has 1 amide bonds. The minimum absolute atomic E-state index is 0.195. The van der Waals surface area contributed by atoms with Crippen LogP contribution < -0.4 is 10.9 Å². The molecule has 6 heteroatoms. The van der Waals surface area contributed by atoms with Crippen LogP contribution in [0.3, 0.4) is 0 Å². The molecule has 2 heterocycles. The molecule has 0 unspecified atom stereocenters. The second-order valence-corrected chi connectivity index (χ2v) is 5.87. The molecule has 0 saturated carbocycles. The van der Waals surface area contributed by atoms with Crippen molar-refractivity contribution >= 4 is 16.7 Å².